The highest BCUT2D eigenvalue weighted by atomic mass is 16.2. The second kappa shape index (κ2) is 10.0. The number of likely N-dealkylation sites (tertiary alicyclic amines) is 2. The molecule has 1 atom stereocenters. The fourth-order valence-corrected chi connectivity index (χ4v) is 4.52. The molecule has 1 unspecified atom stereocenters. The van der Waals surface area contributed by atoms with Gasteiger partial charge in [-0.15, -0.1) is 0 Å². The van der Waals surface area contributed by atoms with Crippen molar-refractivity contribution in [1.82, 2.24) is 29.9 Å². The largest absolute Gasteiger partial charge is 0.354 e. The van der Waals surface area contributed by atoms with Gasteiger partial charge in [0.1, 0.15) is 0 Å². The summed E-state index contributed by atoms with van der Waals surface area (Å²) in [5, 5.41) is 7.33. The molecule has 4 rings (SSSR count). The van der Waals surface area contributed by atoms with Crippen LogP contribution in [-0.2, 0) is 22.7 Å². The first-order chi connectivity index (χ1) is 15.1. The SMILES string of the molecule is Cc1ccn(CCNC(=O)C2CCN(C(=O)C3CCN(Cc4ccccn4)CC3)C2)n1. The van der Waals surface area contributed by atoms with Crippen molar-refractivity contribution in [1.29, 1.82) is 0 Å². The molecule has 2 saturated heterocycles. The van der Waals surface area contributed by atoms with Crippen LogP contribution in [0.3, 0.4) is 0 Å². The molecule has 4 heterocycles. The number of aryl methyl sites for hydroxylation is 1. The van der Waals surface area contributed by atoms with Crippen molar-refractivity contribution < 1.29 is 9.59 Å². The molecule has 0 bridgehead atoms. The van der Waals surface area contributed by atoms with Crippen molar-refractivity contribution >= 4 is 11.8 Å². The fraction of sp³-hybridized carbons (Fsp3) is 0.565. The normalized spacial score (nSPS) is 20.2. The molecule has 2 fully saturated rings. The zero-order chi connectivity index (χ0) is 21.6. The second-order valence-electron chi connectivity index (χ2n) is 8.65. The van der Waals surface area contributed by atoms with Crippen LogP contribution in [0.4, 0.5) is 0 Å². The number of nitrogens with one attached hydrogen (secondary N) is 1. The van der Waals surface area contributed by atoms with Crippen molar-refractivity contribution in [2.24, 2.45) is 11.8 Å². The Morgan fingerprint density at radius 2 is 1.90 bits per heavy atom. The summed E-state index contributed by atoms with van der Waals surface area (Å²) in [5.74, 6) is 0.238. The lowest BCUT2D eigenvalue weighted by molar-refractivity contribution is -0.136. The predicted molar refractivity (Wildman–Crippen MR) is 117 cm³/mol. The third-order valence-corrected chi connectivity index (χ3v) is 6.33. The molecular formula is C23H32N6O2. The summed E-state index contributed by atoms with van der Waals surface area (Å²) in [4.78, 5) is 34.2. The zero-order valence-corrected chi connectivity index (χ0v) is 18.2. The van der Waals surface area contributed by atoms with Gasteiger partial charge in [-0.3, -0.25) is 24.2 Å². The minimum absolute atomic E-state index is 0.0457. The van der Waals surface area contributed by atoms with Gasteiger partial charge in [-0.1, -0.05) is 6.07 Å². The molecule has 2 aromatic heterocycles. The minimum Gasteiger partial charge on any atom is -0.354 e. The summed E-state index contributed by atoms with van der Waals surface area (Å²) in [5.41, 5.74) is 2.04. The molecule has 0 spiro atoms. The summed E-state index contributed by atoms with van der Waals surface area (Å²) in [6.45, 7) is 7.05. The summed E-state index contributed by atoms with van der Waals surface area (Å²) < 4.78 is 1.83. The summed E-state index contributed by atoms with van der Waals surface area (Å²) in [7, 11) is 0. The van der Waals surface area contributed by atoms with Crippen molar-refractivity contribution in [3.63, 3.8) is 0 Å². The number of nitrogens with zero attached hydrogens (tertiary/aromatic N) is 5. The third kappa shape index (κ3) is 5.70. The van der Waals surface area contributed by atoms with Gasteiger partial charge in [0.05, 0.1) is 23.9 Å². The molecule has 31 heavy (non-hydrogen) atoms. The van der Waals surface area contributed by atoms with Gasteiger partial charge in [0.25, 0.3) is 0 Å². The van der Waals surface area contributed by atoms with E-state index in [1.165, 1.54) is 0 Å². The number of amides is 2. The van der Waals surface area contributed by atoms with E-state index in [0.29, 0.717) is 26.2 Å². The Balaban J connectivity index is 1.17. The average molecular weight is 425 g/mol. The minimum atomic E-state index is -0.104. The Morgan fingerprint density at radius 3 is 2.61 bits per heavy atom. The molecule has 2 aliphatic heterocycles. The first-order valence-corrected chi connectivity index (χ1v) is 11.3. The van der Waals surface area contributed by atoms with E-state index >= 15 is 0 Å². The Kier molecular flexibility index (Phi) is 6.96. The summed E-state index contributed by atoms with van der Waals surface area (Å²) >= 11 is 0. The highest BCUT2D eigenvalue weighted by molar-refractivity contribution is 5.83. The van der Waals surface area contributed by atoms with Crippen LogP contribution >= 0.6 is 0 Å². The van der Waals surface area contributed by atoms with Crippen LogP contribution in [-0.4, -0.2) is 69.1 Å². The van der Waals surface area contributed by atoms with Crippen molar-refractivity contribution in [2.75, 3.05) is 32.7 Å². The predicted octanol–water partition coefficient (Wildman–Crippen LogP) is 1.46. The molecule has 0 aliphatic carbocycles. The Bertz CT molecular complexity index is 875. The lowest BCUT2D eigenvalue weighted by atomic mass is 9.95. The topological polar surface area (TPSA) is 83.4 Å². The number of hydrogen-bond acceptors (Lipinski definition) is 5. The number of aromatic nitrogens is 3. The average Bonchev–Trinajstić information content (AvgIpc) is 3.44. The highest BCUT2D eigenvalue weighted by Gasteiger charge is 2.35. The van der Waals surface area contributed by atoms with Crippen molar-refractivity contribution in [3.8, 4) is 0 Å². The Hall–Kier alpha value is -2.74. The molecule has 0 radical (unpaired) electrons. The lowest BCUT2D eigenvalue weighted by Crippen LogP contribution is -2.42. The molecule has 2 aliphatic rings. The Labute approximate surface area is 183 Å². The third-order valence-electron chi connectivity index (χ3n) is 6.33. The smallest absolute Gasteiger partial charge is 0.225 e. The van der Waals surface area contributed by atoms with E-state index < -0.39 is 0 Å². The van der Waals surface area contributed by atoms with Gasteiger partial charge in [0.2, 0.25) is 11.8 Å². The van der Waals surface area contributed by atoms with E-state index in [2.05, 4.69) is 20.3 Å². The van der Waals surface area contributed by atoms with E-state index in [0.717, 1.165) is 50.3 Å². The van der Waals surface area contributed by atoms with Gasteiger partial charge in [0.15, 0.2) is 0 Å². The number of rotatable bonds is 7. The summed E-state index contributed by atoms with van der Waals surface area (Å²) in [6.07, 6.45) is 6.24. The zero-order valence-electron chi connectivity index (χ0n) is 18.2. The molecule has 1 N–H and O–H groups in total. The van der Waals surface area contributed by atoms with Crippen LogP contribution < -0.4 is 5.32 Å². The fourth-order valence-electron chi connectivity index (χ4n) is 4.52. The number of hydrogen-bond donors (Lipinski definition) is 1. The van der Waals surface area contributed by atoms with Gasteiger partial charge in [0, 0.05) is 44.5 Å². The maximum atomic E-state index is 13.0. The van der Waals surface area contributed by atoms with E-state index in [4.69, 9.17) is 0 Å². The van der Waals surface area contributed by atoms with Gasteiger partial charge >= 0.3 is 0 Å². The molecule has 2 aromatic rings. The van der Waals surface area contributed by atoms with Gasteiger partial charge in [-0.2, -0.15) is 5.10 Å². The van der Waals surface area contributed by atoms with Crippen molar-refractivity contribution in [2.45, 2.75) is 39.3 Å². The first kappa shape index (κ1) is 21.5. The number of pyridine rings is 1. The van der Waals surface area contributed by atoms with Crippen LogP contribution in [0.25, 0.3) is 0 Å². The summed E-state index contributed by atoms with van der Waals surface area (Å²) in [6, 6.07) is 7.93. The van der Waals surface area contributed by atoms with E-state index in [9.17, 15) is 9.59 Å². The highest BCUT2D eigenvalue weighted by Crippen LogP contribution is 2.25. The molecule has 8 heteroatoms. The maximum absolute atomic E-state index is 13.0. The van der Waals surface area contributed by atoms with E-state index in [-0.39, 0.29) is 23.7 Å². The van der Waals surface area contributed by atoms with Gasteiger partial charge in [-0.25, -0.2) is 0 Å². The molecule has 0 aromatic carbocycles. The number of piperidine rings is 1. The Morgan fingerprint density at radius 1 is 1.10 bits per heavy atom. The second-order valence-corrected chi connectivity index (χ2v) is 8.65. The van der Waals surface area contributed by atoms with Crippen LogP contribution in [0.15, 0.2) is 36.7 Å². The van der Waals surface area contributed by atoms with E-state index in [1.807, 2.05) is 53.2 Å². The van der Waals surface area contributed by atoms with Crippen molar-refractivity contribution in [3.05, 3.63) is 48.0 Å². The van der Waals surface area contributed by atoms with E-state index in [1.54, 1.807) is 0 Å². The van der Waals surface area contributed by atoms with Crippen LogP contribution in [0.5, 0.6) is 0 Å². The molecular weight excluding hydrogens is 392 g/mol. The number of carbonyl (C=O) groups is 2. The number of carbonyl (C=O) groups excluding carboxylic acids is 2. The first-order valence-electron chi connectivity index (χ1n) is 11.3. The van der Waals surface area contributed by atoms with Gasteiger partial charge in [-0.05, 0) is 57.5 Å². The molecule has 166 valence electrons. The molecule has 8 nitrogen and oxygen atoms in total. The monoisotopic (exact) mass is 424 g/mol. The maximum Gasteiger partial charge on any atom is 0.225 e. The quantitative estimate of drug-likeness (QED) is 0.728. The van der Waals surface area contributed by atoms with Crippen LogP contribution in [0, 0.1) is 18.8 Å². The molecule has 0 saturated carbocycles. The van der Waals surface area contributed by atoms with Gasteiger partial charge < -0.3 is 10.2 Å². The standard InChI is InChI=1S/C23H32N6O2/c1-18-5-14-29(26-18)15-10-25-22(30)20-8-13-28(16-20)23(31)19-6-11-27(12-7-19)17-21-4-2-3-9-24-21/h2-5,9,14,19-20H,6-8,10-13,15-17H2,1H3,(H,25,30). The van der Waals surface area contributed by atoms with Crippen LogP contribution in [0.1, 0.15) is 30.7 Å². The lowest BCUT2D eigenvalue weighted by Gasteiger charge is -2.33. The molecule has 2 amide bonds. The van der Waals surface area contributed by atoms with Crippen LogP contribution in [0.2, 0.25) is 0 Å².